The van der Waals surface area contributed by atoms with Gasteiger partial charge in [0.25, 0.3) is 0 Å². The molecule has 13 N–H and O–H groups in total. The Labute approximate surface area is 672 Å². The summed E-state index contributed by atoms with van der Waals surface area (Å²) in [4.78, 5) is 123. The molecule has 0 radical (unpaired) electrons. The van der Waals surface area contributed by atoms with Crippen molar-refractivity contribution >= 4 is 106 Å². The predicted molar refractivity (Wildman–Crippen MR) is 433 cm³/mol. The molecule has 0 amide bonds. The minimum atomic E-state index is -1.55. The Morgan fingerprint density at radius 1 is 0.388 bits per heavy atom. The monoisotopic (exact) mass is 1610 g/mol. The Kier molecular flexibility index (Phi) is 35.5. The number of fused-ring (bicyclic) bond motifs is 5. The van der Waals surface area contributed by atoms with E-state index >= 15 is 0 Å². The van der Waals surface area contributed by atoms with Crippen LogP contribution in [0.15, 0.2) is 121 Å². The van der Waals surface area contributed by atoms with Crippen molar-refractivity contribution in [1.29, 1.82) is 0 Å². The number of ketones is 4. The van der Waals surface area contributed by atoms with Crippen molar-refractivity contribution < 1.29 is 127 Å². The standard InChI is InChI=1S/C23H29NO7.C22H25NO7.C21H27NO6.C20H25NO6/c1-5-24-17-11-16-7-6-8-20(31-15(4)25)22(28)18(26)10-9-13(2)14(3)30-23(29)21(16)19(27)12-17;1-4-23-15-10-14-6-5-7-18-20(30-22(27)29-18)16(24)9-8-12(2)13(3)28-21(26)19(14)17(25)11-15;1-4-22-15-10-14-6-5-7-16(23)20(26)17(24)9-8-12(2)13(3)28-21(27)19(14)18(25)11-15;1-11-7-8-16(23)19(25)15(22)6-4-5-13-9-14(21-3)10-17(24)18(13)20(26)27-12(11)2/h6-7,9-14,20,22,24,27-28H,5,8H2,1-4H3;5-6,8-13,18,20,23,25H,4,7H2,1-3H3;5-6,8-13,16,20,22-23,25-26H,4,7H2,1-3H3;4-5,7-12,15,19,21-22,24-25H,6H2,1-3H3/b7-6+,10-9-;6-5+,9-8-;6-5+,9-8+;5-4?,8-7-/t13-,14+,20+,22-;12-,13+,18+,20-;12-,13+,16+,20-;11-,12+,15+,19+/m1111/s1. The molecule has 626 valence electrons. The molecule has 5 heterocycles. The second-order valence-electron chi connectivity index (χ2n) is 28.2. The van der Waals surface area contributed by atoms with Crippen molar-refractivity contribution in [3.63, 3.8) is 0 Å². The summed E-state index contributed by atoms with van der Waals surface area (Å²) >= 11 is 0. The molecule has 0 spiro atoms. The maximum atomic E-state index is 12.8. The van der Waals surface area contributed by atoms with E-state index in [-0.39, 0.29) is 94.6 Å². The Balaban J connectivity index is 0.000000241. The van der Waals surface area contributed by atoms with E-state index in [1.54, 1.807) is 123 Å². The molecule has 1 fully saturated rings. The van der Waals surface area contributed by atoms with Crippen LogP contribution in [-0.2, 0) is 57.1 Å². The lowest BCUT2D eigenvalue weighted by Crippen LogP contribution is -2.36. The minimum Gasteiger partial charge on any atom is -0.507 e. The molecule has 1 saturated heterocycles. The summed E-state index contributed by atoms with van der Waals surface area (Å²) in [6.07, 6.45) is 10.5. The highest BCUT2D eigenvalue weighted by atomic mass is 16.8. The van der Waals surface area contributed by atoms with E-state index in [0.717, 1.165) is 0 Å². The van der Waals surface area contributed by atoms with Gasteiger partial charge in [-0.3, -0.25) is 24.0 Å². The first-order valence-electron chi connectivity index (χ1n) is 38.1. The van der Waals surface area contributed by atoms with Gasteiger partial charge in [0.05, 0.1) is 12.2 Å². The first-order valence-corrected chi connectivity index (χ1v) is 38.1. The average Bonchev–Trinajstić information content (AvgIpc) is 1.66. The Hall–Kier alpha value is -11.7. The summed E-state index contributed by atoms with van der Waals surface area (Å²) < 4.78 is 37.2. The molecule has 9 rings (SSSR count). The van der Waals surface area contributed by atoms with Crippen LogP contribution in [0.4, 0.5) is 27.5 Å². The molecule has 5 aliphatic heterocycles. The number of carbonyl (C=O) groups is 10. The fourth-order valence-corrected chi connectivity index (χ4v) is 11.8. The number of aliphatic hydroxyl groups is 5. The third kappa shape index (κ3) is 26.4. The van der Waals surface area contributed by atoms with Crippen molar-refractivity contribution in [2.45, 2.75) is 182 Å². The number of aliphatic hydroxyl groups excluding tert-OH is 5. The van der Waals surface area contributed by atoms with Crippen LogP contribution >= 0.6 is 0 Å². The zero-order valence-electron chi connectivity index (χ0n) is 67.0. The number of phenolic OH excluding ortho intramolecular Hbond substituents is 4. The maximum Gasteiger partial charge on any atom is 0.509 e. The van der Waals surface area contributed by atoms with E-state index in [4.69, 9.17) is 33.2 Å². The number of cyclic esters (lactones) is 4. The van der Waals surface area contributed by atoms with E-state index in [1.807, 2.05) is 20.8 Å². The summed E-state index contributed by atoms with van der Waals surface area (Å²) in [6, 6.07) is 12.5. The third-order valence-electron chi connectivity index (χ3n) is 19.3. The van der Waals surface area contributed by atoms with Gasteiger partial charge in [0, 0.05) is 117 Å². The van der Waals surface area contributed by atoms with Gasteiger partial charge in [-0.15, -0.1) is 0 Å². The second kappa shape index (κ2) is 44.3. The summed E-state index contributed by atoms with van der Waals surface area (Å²) in [5, 5.41) is 104. The summed E-state index contributed by atoms with van der Waals surface area (Å²) in [7, 11) is 1.67. The Bertz CT molecular complexity index is 4460. The number of hydrogen-bond acceptors (Lipinski definition) is 30. The second-order valence-corrected chi connectivity index (χ2v) is 28.2. The molecule has 116 heavy (non-hydrogen) atoms. The Morgan fingerprint density at radius 2 is 0.681 bits per heavy atom. The molecule has 4 aromatic carbocycles. The van der Waals surface area contributed by atoms with Gasteiger partial charge in [-0.05, 0) is 132 Å². The summed E-state index contributed by atoms with van der Waals surface area (Å²) in [5.41, 5.74) is 4.15. The number of carbonyl (C=O) groups excluding carboxylic acids is 10. The molecule has 0 bridgehead atoms. The largest absolute Gasteiger partial charge is 0.509 e. The molecule has 0 aromatic heterocycles. The number of phenols is 4. The van der Waals surface area contributed by atoms with Crippen molar-refractivity contribution in [1.82, 2.24) is 0 Å². The lowest BCUT2D eigenvalue weighted by atomic mass is 9.99. The molecule has 30 heteroatoms. The normalized spacial score (nSPS) is 28.0. The first kappa shape index (κ1) is 93.2. The number of nitrogens with one attached hydrogen (secondary N) is 4. The lowest BCUT2D eigenvalue weighted by molar-refractivity contribution is -0.154. The van der Waals surface area contributed by atoms with Gasteiger partial charge in [0.2, 0.25) is 6.10 Å². The van der Waals surface area contributed by atoms with Gasteiger partial charge < -0.3 is 100 Å². The molecule has 0 aliphatic carbocycles. The first-order chi connectivity index (χ1) is 54.9. The van der Waals surface area contributed by atoms with Crippen LogP contribution in [0, 0.1) is 23.7 Å². The number of anilines is 4. The van der Waals surface area contributed by atoms with Crippen LogP contribution in [0.3, 0.4) is 0 Å². The van der Waals surface area contributed by atoms with Crippen LogP contribution in [0.2, 0.25) is 0 Å². The Morgan fingerprint density at radius 3 is 1.00 bits per heavy atom. The van der Waals surface area contributed by atoms with E-state index in [1.165, 1.54) is 91.9 Å². The third-order valence-corrected chi connectivity index (χ3v) is 19.3. The highest BCUT2D eigenvalue weighted by Gasteiger charge is 2.41. The smallest absolute Gasteiger partial charge is 0.507 e. The quantitative estimate of drug-likeness (QED) is 0.0576. The maximum absolute atomic E-state index is 12.8. The molecular weight excluding hydrogens is 1500 g/mol. The topological polar surface area (TPSA) is 466 Å². The zero-order valence-corrected chi connectivity index (χ0v) is 67.0. The fourth-order valence-electron chi connectivity index (χ4n) is 11.8. The molecule has 0 unspecified atom stereocenters. The summed E-state index contributed by atoms with van der Waals surface area (Å²) in [5.74, 6) is -7.78. The van der Waals surface area contributed by atoms with Crippen molar-refractivity contribution in [3.8, 4) is 23.0 Å². The van der Waals surface area contributed by atoms with Crippen molar-refractivity contribution in [3.05, 3.63) is 166 Å². The predicted octanol–water partition coefficient (Wildman–Crippen LogP) is 10.4. The molecule has 30 nitrogen and oxygen atoms in total. The van der Waals surface area contributed by atoms with Gasteiger partial charge in [0.15, 0.2) is 35.3 Å². The van der Waals surface area contributed by atoms with E-state index < -0.39 is 132 Å². The number of rotatable bonds is 8. The lowest BCUT2D eigenvalue weighted by Gasteiger charge is -2.22. The van der Waals surface area contributed by atoms with Crippen molar-refractivity contribution in [2.75, 3.05) is 47.9 Å². The molecular formula is C86H106N4O26. The van der Waals surface area contributed by atoms with Crippen molar-refractivity contribution in [2.24, 2.45) is 23.7 Å². The van der Waals surface area contributed by atoms with Gasteiger partial charge in [0.1, 0.15) is 88.0 Å². The molecule has 4 aromatic rings. The van der Waals surface area contributed by atoms with Crippen LogP contribution in [0.5, 0.6) is 23.0 Å². The van der Waals surface area contributed by atoms with E-state index in [9.17, 15) is 93.9 Å². The average molecular weight is 1610 g/mol. The fraction of sp³-hybridized carbons (Fsp3) is 0.419. The summed E-state index contributed by atoms with van der Waals surface area (Å²) in [6.45, 7) is 22.5. The minimum absolute atomic E-state index is 0.00125. The highest BCUT2D eigenvalue weighted by molar-refractivity contribution is 6.02. The molecule has 16 atom stereocenters. The number of benzene rings is 4. The zero-order chi connectivity index (χ0) is 85.9. The highest BCUT2D eigenvalue weighted by Crippen LogP contribution is 2.36. The molecule has 5 aliphatic rings. The van der Waals surface area contributed by atoms with Crippen LogP contribution in [0.1, 0.15) is 172 Å². The van der Waals surface area contributed by atoms with Gasteiger partial charge in [-0.1, -0.05) is 101 Å². The van der Waals surface area contributed by atoms with Gasteiger partial charge >= 0.3 is 36.0 Å². The van der Waals surface area contributed by atoms with E-state index in [0.29, 0.717) is 64.6 Å². The van der Waals surface area contributed by atoms with Gasteiger partial charge in [-0.25, -0.2) is 24.0 Å². The van der Waals surface area contributed by atoms with E-state index in [2.05, 4.69) is 21.3 Å². The van der Waals surface area contributed by atoms with Gasteiger partial charge in [-0.2, -0.15) is 0 Å². The number of ether oxygens (including phenoxy) is 7. The molecule has 0 saturated carbocycles. The SMILES string of the molecule is CCNc1cc(O)c2c(c1)/C=C/C[C@@H]1OC(=O)O[C@@H]1C(=O)/C=C\[C@@H](C)[C@H](C)OC2=O.CCNc1cc(O)c2c(c1)/C=C/C[C@H](O)[C@@H](O)C(=O)/C=C/[C@@H](C)[C@H](C)OC2=O.CCNc1cc(O)c2c(c1)/C=C/C[C@H](OC(C)=O)[C@H](O)C(=O)/C=C\[C@@H](C)[C@H](C)OC2=O.CNc1cc(O)c2c(c1)C=CC[C@H](O)[C@H](O)C(=O)/C=C\[C@@H](C)[C@H](C)OC2=O. The van der Waals surface area contributed by atoms with Crippen LogP contribution in [0.25, 0.3) is 24.3 Å². The number of hydrogen-bond donors (Lipinski definition) is 13. The van der Waals surface area contributed by atoms with Crippen LogP contribution < -0.4 is 21.3 Å². The van der Waals surface area contributed by atoms with Crippen LogP contribution in [-0.4, -0.2) is 205 Å². The number of aromatic hydroxyl groups is 4. The number of esters is 5.